The van der Waals surface area contributed by atoms with E-state index in [9.17, 15) is 0 Å². The number of halogens is 1. The maximum Gasteiger partial charge on any atom is 0.0558 e. The van der Waals surface area contributed by atoms with Gasteiger partial charge in [-0.15, -0.1) is 11.3 Å². The highest BCUT2D eigenvalue weighted by Crippen LogP contribution is 2.24. The second kappa shape index (κ2) is 5.30. The van der Waals surface area contributed by atoms with Crippen LogP contribution in [-0.4, -0.2) is 31.1 Å². The largest absolute Gasteiger partial charge is 0.316 e. The average molecular weight is 245 g/mol. The Balaban J connectivity index is 1.92. The van der Waals surface area contributed by atoms with Crippen LogP contribution in [0.15, 0.2) is 11.4 Å². The summed E-state index contributed by atoms with van der Waals surface area (Å²) >= 11 is 7.86. The summed E-state index contributed by atoms with van der Waals surface area (Å²) in [6.07, 6.45) is 2.58. The molecule has 0 radical (unpaired) electrons. The van der Waals surface area contributed by atoms with Crippen LogP contribution in [-0.2, 0) is 6.54 Å². The highest BCUT2D eigenvalue weighted by atomic mass is 35.5. The molecule has 1 aromatic rings. The van der Waals surface area contributed by atoms with Crippen molar-refractivity contribution < 1.29 is 0 Å². The first kappa shape index (κ1) is 11.4. The van der Waals surface area contributed by atoms with Crippen LogP contribution in [0, 0.1) is 0 Å². The molecular formula is C11H17ClN2S. The molecule has 0 saturated carbocycles. The molecule has 1 aliphatic heterocycles. The molecule has 1 N–H and O–H groups in total. The van der Waals surface area contributed by atoms with Gasteiger partial charge in [0.15, 0.2) is 0 Å². The summed E-state index contributed by atoms with van der Waals surface area (Å²) in [5.74, 6) is 0. The molecule has 1 aliphatic rings. The second-order valence-electron chi connectivity index (χ2n) is 4.05. The van der Waals surface area contributed by atoms with Gasteiger partial charge >= 0.3 is 0 Å². The normalized spacial score (nSPS) is 23.2. The lowest BCUT2D eigenvalue weighted by atomic mass is 10.1. The Morgan fingerprint density at radius 2 is 2.53 bits per heavy atom. The Hall–Kier alpha value is -0.0900. The first-order valence-corrected chi connectivity index (χ1v) is 6.67. The van der Waals surface area contributed by atoms with Gasteiger partial charge in [0.05, 0.1) is 5.02 Å². The van der Waals surface area contributed by atoms with Crippen LogP contribution < -0.4 is 5.32 Å². The minimum atomic E-state index is 0.650. The standard InChI is InChI=1S/C11H17ClN2S/c1-13-9-3-2-5-14(7-9)8-11-10(12)4-6-15-11/h4,6,9,13H,2-3,5,7-8H2,1H3. The van der Waals surface area contributed by atoms with Crippen molar-refractivity contribution in [1.82, 2.24) is 10.2 Å². The van der Waals surface area contributed by atoms with E-state index in [1.807, 2.05) is 13.1 Å². The van der Waals surface area contributed by atoms with E-state index in [1.165, 1.54) is 24.3 Å². The predicted molar refractivity (Wildman–Crippen MR) is 66.7 cm³/mol. The number of hydrogen-bond acceptors (Lipinski definition) is 3. The van der Waals surface area contributed by atoms with Crippen molar-refractivity contribution in [2.45, 2.75) is 25.4 Å². The molecule has 2 nitrogen and oxygen atoms in total. The summed E-state index contributed by atoms with van der Waals surface area (Å²) in [6, 6.07) is 2.64. The number of thiophene rings is 1. The van der Waals surface area contributed by atoms with Crippen molar-refractivity contribution in [1.29, 1.82) is 0 Å². The van der Waals surface area contributed by atoms with Gasteiger partial charge in [0, 0.05) is 24.0 Å². The van der Waals surface area contributed by atoms with E-state index in [2.05, 4.69) is 15.6 Å². The summed E-state index contributed by atoms with van der Waals surface area (Å²) in [6.45, 7) is 3.35. The van der Waals surface area contributed by atoms with E-state index in [4.69, 9.17) is 11.6 Å². The van der Waals surface area contributed by atoms with Gasteiger partial charge in [0.1, 0.15) is 0 Å². The molecular weight excluding hydrogens is 228 g/mol. The number of likely N-dealkylation sites (tertiary alicyclic amines) is 1. The smallest absolute Gasteiger partial charge is 0.0558 e. The monoisotopic (exact) mass is 244 g/mol. The van der Waals surface area contributed by atoms with E-state index < -0.39 is 0 Å². The first-order valence-electron chi connectivity index (χ1n) is 5.41. The summed E-state index contributed by atoms with van der Waals surface area (Å²) in [7, 11) is 2.05. The zero-order valence-electron chi connectivity index (χ0n) is 9.00. The van der Waals surface area contributed by atoms with E-state index in [1.54, 1.807) is 11.3 Å². The minimum absolute atomic E-state index is 0.650. The molecule has 4 heteroatoms. The van der Waals surface area contributed by atoms with Crippen LogP contribution in [0.2, 0.25) is 5.02 Å². The molecule has 1 unspecified atom stereocenters. The molecule has 1 aromatic heterocycles. The maximum absolute atomic E-state index is 6.10. The Morgan fingerprint density at radius 1 is 1.67 bits per heavy atom. The van der Waals surface area contributed by atoms with E-state index >= 15 is 0 Å². The first-order chi connectivity index (χ1) is 7.29. The lowest BCUT2D eigenvalue weighted by Crippen LogP contribution is -2.43. The zero-order valence-corrected chi connectivity index (χ0v) is 10.6. The summed E-state index contributed by atoms with van der Waals surface area (Å²) in [5, 5.41) is 6.35. The molecule has 15 heavy (non-hydrogen) atoms. The Labute approximate surface area is 100 Å². The van der Waals surface area contributed by atoms with Crippen LogP contribution in [0.1, 0.15) is 17.7 Å². The van der Waals surface area contributed by atoms with Crippen molar-refractivity contribution in [3.05, 3.63) is 21.3 Å². The number of nitrogens with zero attached hydrogens (tertiary/aromatic N) is 1. The maximum atomic E-state index is 6.10. The topological polar surface area (TPSA) is 15.3 Å². The SMILES string of the molecule is CNC1CCCN(Cc2sccc2Cl)C1. The molecule has 0 amide bonds. The molecule has 1 fully saturated rings. The molecule has 2 rings (SSSR count). The molecule has 0 aromatic carbocycles. The van der Waals surface area contributed by atoms with Crippen LogP contribution >= 0.6 is 22.9 Å². The number of likely N-dealkylation sites (N-methyl/N-ethyl adjacent to an activating group) is 1. The summed E-state index contributed by atoms with van der Waals surface area (Å²) < 4.78 is 0. The lowest BCUT2D eigenvalue weighted by molar-refractivity contribution is 0.189. The molecule has 2 heterocycles. The Bertz CT molecular complexity index is 313. The van der Waals surface area contributed by atoms with E-state index in [0.717, 1.165) is 18.1 Å². The van der Waals surface area contributed by atoms with Crippen molar-refractivity contribution >= 4 is 22.9 Å². The van der Waals surface area contributed by atoms with Gasteiger partial charge in [-0.3, -0.25) is 4.90 Å². The minimum Gasteiger partial charge on any atom is -0.316 e. The van der Waals surface area contributed by atoms with Crippen molar-refractivity contribution in [3.8, 4) is 0 Å². The lowest BCUT2D eigenvalue weighted by Gasteiger charge is -2.32. The van der Waals surface area contributed by atoms with Crippen molar-refractivity contribution in [2.75, 3.05) is 20.1 Å². The number of nitrogens with one attached hydrogen (secondary N) is 1. The third-order valence-electron chi connectivity index (χ3n) is 2.97. The molecule has 0 spiro atoms. The van der Waals surface area contributed by atoms with E-state index in [0.29, 0.717) is 6.04 Å². The van der Waals surface area contributed by atoms with Crippen LogP contribution in [0.4, 0.5) is 0 Å². The Kier molecular flexibility index (Phi) is 4.03. The Morgan fingerprint density at radius 3 is 3.20 bits per heavy atom. The fourth-order valence-corrected chi connectivity index (χ4v) is 3.21. The van der Waals surface area contributed by atoms with Gasteiger partial charge in [-0.25, -0.2) is 0 Å². The van der Waals surface area contributed by atoms with Gasteiger partial charge < -0.3 is 5.32 Å². The summed E-state index contributed by atoms with van der Waals surface area (Å²) in [4.78, 5) is 3.79. The average Bonchev–Trinajstić information content (AvgIpc) is 2.65. The van der Waals surface area contributed by atoms with Crippen LogP contribution in [0.5, 0.6) is 0 Å². The fourth-order valence-electron chi connectivity index (χ4n) is 2.08. The van der Waals surface area contributed by atoms with Crippen molar-refractivity contribution in [2.24, 2.45) is 0 Å². The molecule has 0 bridgehead atoms. The third-order valence-corrected chi connectivity index (χ3v) is 4.34. The quantitative estimate of drug-likeness (QED) is 0.879. The van der Waals surface area contributed by atoms with Gasteiger partial charge in [-0.05, 0) is 37.9 Å². The predicted octanol–water partition coefficient (Wildman–Crippen LogP) is 2.59. The van der Waals surface area contributed by atoms with Gasteiger partial charge in [0.2, 0.25) is 0 Å². The molecule has 84 valence electrons. The molecule has 1 atom stereocenters. The highest BCUT2D eigenvalue weighted by Gasteiger charge is 2.19. The number of piperidine rings is 1. The van der Waals surface area contributed by atoms with Gasteiger partial charge in [-0.1, -0.05) is 11.6 Å². The van der Waals surface area contributed by atoms with E-state index in [-0.39, 0.29) is 0 Å². The molecule has 1 saturated heterocycles. The number of rotatable bonds is 3. The number of hydrogen-bond donors (Lipinski definition) is 1. The third kappa shape index (κ3) is 2.94. The second-order valence-corrected chi connectivity index (χ2v) is 5.46. The summed E-state index contributed by atoms with van der Waals surface area (Å²) in [5.41, 5.74) is 0. The van der Waals surface area contributed by atoms with Crippen LogP contribution in [0.3, 0.4) is 0 Å². The zero-order chi connectivity index (χ0) is 10.7. The highest BCUT2D eigenvalue weighted by molar-refractivity contribution is 7.10. The van der Waals surface area contributed by atoms with Crippen molar-refractivity contribution in [3.63, 3.8) is 0 Å². The van der Waals surface area contributed by atoms with Gasteiger partial charge in [-0.2, -0.15) is 0 Å². The van der Waals surface area contributed by atoms with Crippen LogP contribution in [0.25, 0.3) is 0 Å². The fraction of sp³-hybridized carbons (Fsp3) is 0.636. The van der Waals surface area contributed by atoms with Gasteiger partial charge in [0.25, 0.3) is 0 Å². The molecule has 0 aliphatic carbocycles.